The molecule has 1 aromatic carbocycles. The lowest BCUT2D eigenvalue weighted by atomic mass is 10.2. The van der Waals surface area contributed by atoms with Gasteiger partial charge in [-0.25, -0.2) is 0 Å². The fraction of sp³-hybridized carbons (Fsp3) is 0.154. The standard InChI is InChI=1S/C13H12N2O4/c1-9(16)13-7-6-12(8-14-13)19-11-4-2-10(3-5-11)15(17)18/h2-9,16H,1H3/t9-/m0/s1. The number of aliphatic hydroxyl groups is 1. The molecule has 0 fully saturated rings. The second-order valence-electron chi connectivity index (χ2n) is 3.95. The lowest BCUT2D eigenvalue weighted by Gasteiger charge is -2.07. The molecule has 19 heavy (non-hydrogen) atoms. The zero-order valence-corrected chi connectivity index (χ0v) is 10.2. The van der Waals surface area contributed by atoms with Crippen molar-refractivity contribution in [3.05, 3.63) is 58.4 Å². The highest BCUT2D eigenvalue weighted by Gasteiger charge is 2.06. The van der Waals surface area contributed by atoms with Crippen LogP contribution in [0.4, 0.5) is 5.69 Å². The number of nitro benzene ring substituents is 1. The van der Waals surface area contributed by atoms with Crippen LogP contribution in [-0.2, 0) is 0 Å². The maximum atomic E-state index is 10.5. The van der Waals surface area contributed by atoms with Gasteiger partial charge in [0.25, 0.3) is 5.69 Å². The first-order chi connectivity index (χ1) is 9.06. The third-order valence-corrected chi connectivity index (χ3v) is 2.47. The van der Waals surface area contributed by atoms with Crippen molar-refractivity contribution in [3.8, 4) is 11.5 Å². The molecule has 0 bridgehead atoms. The average Bonchev–Trinajstić information content (AvgIpc) is 2.40. The lowest BCUT2D eigenvalue weighted by molar-refractivity contribution is -0.384. The number of aliphatic hydroxyl groups excluding tert-OH is 1. The van der Waals surface area contributed by atoms with Crippen LogP contribution in [0.25, 0.3) is 0 Å². The van der Waals surface area contributed by atoms with E-state index in [1.54, 1.807) is 19.1 Å². The van der Waals surface area contributed by atoms with Crippen LogP contribution in [0.1, 0.15) is 18.7 Å². The summed E-state index contributed by atoms with van der Waals surface area (Å²) in [7, 11) is 0. The Morgan fingerprint density at radius 2 is 1.84 bits per heavy atom. The van der Waals surface area contributed by atoms with Gasteiger partial charge in [0, 0.05) is 12.1 Å². The van der Waals surface area contributed by atoms with Crippen LogP contribution in [0, 0.1) is 10.1 Å². The normalized spacial score (nSPS) is 11.9. The molecular weight excluding hydrogens is 248 g/mol. The van der Waals surface area contributed by atoms with E-state index < -0.39 is 11.0 Å². The van der Waals surface area contributed by atoms with Gasteiger partial charge in [-0.2, -0.15) is 0 Å². The lowest BCUT2D eigenvalue weighted by Crippen LogP contribution is -1.95. The summed E-state index contributed by atoms with van der Waals surface area (Å²) in [6.45, 7) is 1.62. The maximum Gasteiger partial charge on any atom is 0.269 e. The van der Waals surface area contributed by atoms with Crippen molar-refractivity contribution < 1.29 is 14.8 Å². The Morgan fingerprint density at radius 3 is 2.32 bits per heavy atom. The summed E-state index contributed by atoms with van der Waals surface area (Å²) < 4.78 is 5.48. The van der Waals surface area contributed by atoms with Crippen LogP contribution in [0.2, 0.25) is 0 Å². The highest BCUT2D eigenvalue weighted by Crippen LogP contribution is 2.23. The van der Waals surface area contributed by atoms with Crippen molar-refractivity contribution in [2.24, 2.45) is 0 Å². The number of nitro groups is 1. The molecule has 0 amide bonds. The predicted molar refractivity (Wildman–Crippen MR) is 68.0 cm³/mol. The summed E-state index contributed by atoms with van der Waals surface area (Å²) in [5.74, 6) is 0.982. The van der Waals surface area contributed by atoms with Crippen LogP contribution >= 0.6 is 0 Å². The topological polar surface area (TPSA) is 85.5 Å². The molecule has 0 aliphatic carbocycles. The van der Waals surface area contributed by atoms with Gasteiger partial charge in [0.2, 0.25) is 0 Å². The highest BCUT2D eigenvalue weighted by atomic mass is 16.6. The third kappa shape index (κ3) is 3.26. The van der Waals surface area contributed by atoms with E-state index in [9.17, 15) is 15.2 Å². The summed E-state index contributed by atoms with van der Waals surface area (Å²) in [5, 5.41) is 19.8. The number of pyridine rings is 1. The molecule has 0 aliphatic rings. The number of hydrogen-bond acceptors (Lipinski definition) is 5. The largest absolute Gasteiger partial charge is 0.456 e. The zero-order chi connectivity index (χ0) is 13.8. The molecule has 6 nitrogen and oxygen atoms in total. The van der Waals surface area contributed by atoms with E-state index in [0.29, 0.717) is 17.2 Å². The van der Waals surface area contributed by atoms with Crippen LogP contribution in [0.5, 0.6) is 11.5 Å². The molecule has 0 saturated carbocycles. The Morgan fingerprint density at radius 1 is 1.21 bits per heavy atom. The minimum atomic E-state index is -0.631. The number of rotatable bonds is 4. The summed E-state index contributed by atoms with van der Waals surface area (Å²) in [6.07, 6.45) is 0.858. The van der Waals surface area contributed by atoms with Crippen molar-refractivity contribution in [2.45, 2.75) is 13.0 Å². The molecule has 0 saturated heterocycles. The van der Waals surface area contributed by atoms with Gasteiger partial charge in [-0.05, 0) is 31.2 Å². The first kappa shape index (κ1) is 13.0. The Bertz CT molecular complexity index is 564. The second-order valence-corrected chi connectivity index (χ2v) is 3.95. The van der Waals surface area contributed by atoms with Crippen LogP contribution in [0.15, 0.2) is 42.6 Å². The highest BCUT2D eigenvalue weighted by molar-refractivity contribution is 5.38. The molecule has 2 aromatic rings. The van der Waals surface area contributed by atoms with Gasteiger partial charge in [-0.3, -0.25) is 15.1 Å². The van der Waals surface area contributed by atoms with E-state index in [-0.39, 0.29) is 5.69 Å². The molecular formula is C13H12N2O4. The Labute approximate surface area is 109 Å². The molecule has 0 spiro atoms. The van der Waals surface area contributed by atoms with E-state index in [1.165, 1.54) is 30.5 Å². The Kier molecular flexibility index (Phi) is 3.72. The van der Waals surface area contributed by atoms with E-state index in [0.717, 1.165) is 0 Å². The second kappa shape index (κ2) is 5.45. The first-order valence-electron chi connectivity index (χ1n) is 5.62. The van der Waals surface area contributed by atoms with Gasteiger partial charge in [-0.15, -0.1) is 0 Å². The van der Waals surface area contributed by atoms with Gasteiger partial charge < -0.3 is 9.84 Å². The number of aromatic nitrogens is 1. The molecule has 1 atom stereocenters. The van der Waals surface area contributed by atoms with E-state index in [4.69, 9.17) is 4.74 Å². The maximum absolute atomic E-state index is 10.5. The fourth-order valence-electron chi connectivity index (χ4n) is 1.47. The third-order valence-electron chi connectivity index (χ3n) is 2.47. The average molecular weight is 260 g/mol. The minimum Gasteiger partial charge on any atom is -0.456 e. The summed E-state index contributed by atoms with van der Waals surface area (Å²) >= 11 is 0. The minimum absolute atomic E-state index is 0.00919. The number of ether oxygens (including phenoxy) is 1. The van der Waals surface area contributed by atoms with Crippen molar-refractivity contribution in [3.63, 3.8) is 0 Å². The van der Waals surface area contributed by atoms with E-state index in [2.05, 4.69) is 4.98 Å². The number of hydrogen-bond donors (Lipinski definition) is 1. The molecule has 1 N–H and O–H groups in total. The smallest absolute Gasteiger partial charge is 0.269 e. The van der Waals surface area contributed by atoms with Gasteiger partial charge in [0.1, 0.15) is 11.5 Å². The zero-order valence-electron chi connectivity index (χ0n) is 10.2. The SMILES string of the molecule is C[C@H](O)c1ccc(Oc2ccc([N+](=O)[O-])cc2)cn1. The van der Waals surface area contributed by atoms with Crippen molar-refractivity contribution >= 4 is 5.69 Å². The van der Waals surface area contributed by atoms with Crippen molar-refractivity contribution in [2.75, 3.05) is 0 Å². The number of benzene rings is 1. The molecule has 1 aromatic heterocycles. The van der Waals surface area contributed by atoms with Crippen LogP contribution in [0.3, 0.4) is 0 Å². The molecule has 0 radical (unpaired) electrons. The van der Waals surface area contributed by atoms with Crippen LogP contribution < -0.4 is 4.74 Å². The molecule has 98 valence electrons. The Hall–Kier alpha value is -2.47. The summed E-state index contributed by atoms with van der Waals surface area (Å²) in [5.41, 5.74) is 0.561. The fourth-order valence-corrected chi connectivity index (χ4v) is 1.47. The quantitative estimate of drug-likeness (QED) is 0.674. The number of non-ortho nitro benzene ring substituents is 1. The summed E-state index contributed by atoms with van der Waals surface area (Å²) in [4.78, 5) is 14.1. The predicted octanol–water partition coefficient (Wildman–Crippen LogP) is 2.84. The van der Waals surface area contributed by atoms with E-state index >= 15 is 0 Å². The number of nitrogens with zero attached hydrogens (tertiary/aromatic N) is 2. The van der Waals surface area contributed by atoms with Gasteiger partial charge in [0.15, 0.2) is 0 Å². The van der Waals surface area contributed by atoms with Crippen LogP contribution in [-0.4, -0.2) is 15.0 Å². The van der Waals surface area contributed by atoms with E-state index in [1.807, 2.05) is 0 Å². The molecule has 2 rings (SSSR count). The molecule has 1 heterocycles. The molecule has 0 unspecified atom stereocenters. The first-order valence-corrected chi connectivity index (χ1v) is 5.62. The molecule has 6 heteroatoms. The monoisotopic (exact) mass is 260 g/mol. The van der Waals surface area contributed by atoms with Gasteiger partial charge >= 0.3 is 0 Å². The summed E-state index contributed by atoms with van der Waals surface area (Å²) in [6, 6.07) is 9.10. The van der Waals surface area contributed by atoms with Crippen molar-refractivity contribution in [1.82, 2.24) is 4.98 Å². The molecule has 0 aliphatic heterocycles. The van der Waals surface area contributed by atoms with Crippen molar-refractivity contribution in [1.29, 1.82) is 0 Å². The van der Waals surface area contributed by atoms with Gasteiger partial charge in [0.05, 0.1) is 22.9 Å². The Balaban J connectivity index is 2.10. The van der Waals surface area contributed by atoms with Gasteiger partial charge in [-0.1, -0.05) is 0 Å².